The van der Waals surface area contributed by atoms with Crippen LogP contribution < -0.4 is 10.5 Å². The number of ether oxygens (including phenoxy) is 1. The van der Waals surface area contributed by atoms with Crippen molar-refractivity contribution in [1.82, 2.24) is 9.55 Å². The van der Waals surface area contributed by atoms with Crippen molar-refractivity contribution in [3.05, 3.63) is 72.3 Å². The SMILES string of the molecule is N#Cc1ccc(-c2cccc(OCCC[C@H](O)Cn3cnc(C(N)=O)c3)c2)cc1. The van der Waals surface area contributed by atoms with Crippen LogP contribution in [0.4, 0.5) is 0 Å². The quantitative estimate of drug-likeness (QED) is 0.545. The summed E-state index contributed by atoms with van der Waals surface area (Å²) >= 11 is 0. The standard InChI is InChI=1S/C22H22N4O3/c23-12-16-6-8-17(9-7-16)18-3-1-5-20(11-18)29-10-2-4-19(27)13-26-14-21(22(24)28)25-15-26/h1,3,5-9,11,14-15,19,27H,2,4,10,13H2,(H2,24,28)/t19-/m0/s1. The van der Waals surface area contributed by atoms with Gasteiger partial charge in [-0.15, -0.1) is 0 Å². The molecule has 3 aromatic rings. The molecule has 0 aliphatic heterocycles. The van der Waals surface area contributed by atoms with E-state index in [-0.39, 0.29) is 5.69 Å². The van der Waals surface area contributed by atoms with Gasteiger partial charge >= 0.3 is 0 Å². The molecule has 0 bridgehead atoms. The molecule has 7 heteroatoms. The van der Waals surface area contributed by atoms with E-state index in [4.69, 9.17) is 15.7 Å². The second kappa shape index (κ2) is 9.53. The Hall–Kier alpha value is -3.63. The molecule has 1 amide bonds. The zero-order valence-electron chi connectivity index (χ0n) is 15.9. The Morgan fingerprint density at radius 2 is 2.03 bits per heavy atom. The van der Waals surface area contributed by atoms with E-state index in [1.54, 1.807) is 16.7 Å². The number of nitrogens with zero attached hydrogens (tertiary/aromatic N) is 3. The lowest BCUT2D eigenvalue weighted by molar-refractivity contribution is 0.0995. The number of carbonyl (C=O) groups excluding carboxylic acids is 1. The zero-order chi connectivity index (χ0) is 20.6. The topological polar surface area (TPSA) is 114 Å². The lowest BCUT2D eigenvalue weighted by atomic mass is 10.0. The molecule has 148 valence electrons. The number of primary amides is 1. The summed E-state index contributed by atoms with van der Waals surface area (Å²) in [4.78, 5) is 14.9. The normalized spacial score (nSPS) is 11.6. The molecule has 3 rings (SSSR count). The van der Waals surface area contributed by atoms with Crippen LogP contribution in [0.3, 0.4) is 0 Å². The Balaban J connectivity index is 1.46. The van der Waals surface area contributed by atoms with Crippen LogP contribution in [0.2, 0.25) is 0 Å². The van der Waals surface area contributed by atoms with Gasteiger partial charge in [-0.05, 0) is 48.2 Å². The molecule has 0 spiro atoms. The monoisotopic (exact) mass is 390 g/mol. The number of imidazole rings is 1. The van der Waals surface area contributed by atoms with Gasteiger partial charge in [0.15, 0.2) is 0 Å². The second-order valence-electron chi connectivity index (χ2n) is 6.68. The molecule has 0 aliphatic rings. The number of amides is 1. The Morgan fingerprint density at radius 3 is 2.72 bits per heavy atom. The minimum Gasteiger partial charge on any atom is -0.494 e. The minimum atomic E-state index is -0.588. The van der Waals surface area contributed by atoms with Gasteiger partial charge in [-0.2, -0.15) is 5.26 Å². The molecule has 0 saturated heterocycles. The van der Waals surface area contributed by atoms with Crippen LogP contribution in [0, 0.1) is 11.3 Å². The first-order valence-electron chi connectivity index (χ1n) is 9.28. The van der Waals surface area contributed by atoms with Crippen molar-refractivity contribution in [3.63, 3.8) is 0 Å². The predicted octanol–water partition coefficient (Wildman–Crippen LogP) is 2.74. The van der Waals surface area contributed by atoms with E-state index >= 15 is 0 Å². The number of rotatable bonds is 9. The summed E-state index contributed by atoms with van der Waals surface area (Å²) in [6.07, 6.45) is 3.67. The number of nitrogens with two attached hydrogens (primary N) is 1. The lowest BCUT2D eigenvalue weighted by Crippen LogP contribution is -2.16. The molecule has 0 unspecified atom stereocenters. The molecule has 0 aliphatic carbocycles. The van der Waals surface area contributed by atoms with Crippen molar-refractivity contribution < 1.29 is 14.6 Å². The Labute approximate surface area is 169 Å². The Kier molecular flexibility index (Phi) is 6.61. The number of hydrogen-bond acceptors (Lipinski definition) is 5. The fourth-order valence-electron chi connectivity index (χ4n) is 2.93. The molecule has 0 saturated carbocycles. The molecule has 2 aromatic carbocycles. The van der Waals surface area contributed by atoms with Gasteiger partial charge < -0.3 is 20.1 Å². The van der Waals surface area contributed by atoms with Crippen LogP contribution >= 0.6 is 0 Å². The molecule has 3 N–H and O–H groups in total. The summed E-state index contributed by atoms with van der Waals surface area (Å²) in [6, 6.07) is 17.3. The third-order valence-electron chi connectivity index (χ3n) is 4.44. The van der Waals surface area contributed by atoms with Crippen LogP contribution in [0.25, 0.3) is 11.1 Å². The molecular formula is C22H22N4O3. The maximum absolute atomic E-state index is 11.0. The fraction of sp³-hybridized carbons (Fsp3) is 0.227. The Bertz CT molecular complexity index is 1010. The molecule has 29 heavy (non-hydrogen) atoms. The summed E-state index contributed by atoms with van der Waals surface area (Å²) in [5.74, 6) is 0.164. The average Bonchev–Trinajstić information content (AvgIpc) is 3.20. The molecule has 1 heterocycles. The molecule has 0 fully saturated rings. The van der Waals surface area contributed by atoms with Gasteiger partial charge in [0.2, 0.25) is 0 Å². The van der Waals surface area contributed by atoms with E-state index in [1.807, 2.05) is 36.4 Å². The van der Waals surface area contributed by atoms with Crippen LogP contribution in [-0.2, 0) is 6.54 Å². The van der Waals surface area contributed by atoms with Crippen molar-refractivity contribution in [3.8, 4) is 22.9 Å². The number of aliphatic hydroxyl groups is 1. The van der Waals surface area contributed by atoms with E-state index in [0.717, 1.165) is 16.9 Å². The summed E-state index contributed by atoms with van der Waals surface area (Å²) in [5.41, 5.74) is 8.00. The highest BCUT2D eigenvalue weighted by atomic mass is 16.5. The van der Waals surface area contributed by atoms with Gasteiger partial charge in [-0.1, -0.05) is 24.3 Å². The zero-order valence-corrected chi connectivity index (χ0v) is 15.9. The largest absolute Gasteiger partial charge is 0.494 e. The number of carbonyl (C=O) groups is 1. The smallest absolute Gasteiger partial charge is 0.268 e. The number of aromatic nitrogens is 2. The molecule has 7 nitrogen and oxygen atoms in total. The molecular weight excluding hydrogens is 368 g/mol. The summed E-state index contributed by atoms with van der Waals surface area (Å²) in [6.45, 7) is 0.818. The van der Waals surface area contributed by atoms with E-state index in [0.29, 0.717) is 31.6 Å². The highest BCUT2D eigenvalue weighted by Gasteiger charge is 2.09. The number of aliphatic hydroxyl groups excluding tert-OH is 1. The lowest BCUT2D eigenvalue weighted by Gasteiger charge is -2.12. The van der Waals surface area contributed by atoms with E-state index in [1.165, 1.54) is 12.5 Å². The predicted molar refractivity (Wildman–Crippen MR) is 108 cm³/mol. The number of hydrogen-bond donors (Lipinski definition) is 2. The highest BCUT2D eigenvalue weighted by Crippen LogP contribution is 2.24. The first-order valence-corrected chi connectivity index (χ1v) is 9.28. The second-order valence-corrected chi connectivity index (χ2v) is 6.68. The summed E-state index contributed by atoms with van der Waals surface area (Å²) in [5, 5.41) is 19.0. The third kappa shape index (κ3) is 5.67. The van der Waals surface area contributed by atoms with Crippen molar-refractivity contribution in [2.45, 2.75) is 25.5 Å². The van der Waals surface area contributed by atoms with Gasteiger partial charge in [0.05, 0.1) is 30.7 Å². The highest BCUT2D eigenvalue weighted by molar-refractivity contribution is 5.90. The maximum Gasteiger partial charge on any atom is 0.268 e. The van der Waals surface area contributed by atoms with E-state index < -0.39 is 12.0 Å². The number of benzene rings is 2. The first-order chi connectivity index (χ1) is 14.0. The van der Waals surface area contributed by atoms with Crippen LogP contribution in [0.15, 0.2) is 61.1 Å². The van der Waals surface area contributed by atoms with Gasteiger partial charge in [-0.25, -0.2) is 4.98 Å². The van der Waals surface area contributed by atoms with Crippen molar-refractivity contribution >= 4 is 5.91 Å². The molecule has 0 radical (unpaired) electrons. The van der Waals surface area contributed by atoms with Crippen molar-refractivity contribution in [2.75, 3.05) is 6.61 Å². The summed E-state index contributed by atoms with van der Waals surface area (Å²) in [7, 11) is 0. The molecule has 1 aromatic heterocycles. The van der Waals surface area contributed by atoms with Crippen LogP contribution in [0.1, 0.15) is 28.9 Å². The van der Waals surface area contributed by atoms with Crippen LogP contribution in [-0.4, -0.2) is 33.3 Å². The molecule has 1 atom stereocenters. The third-order valence-corrected chi connectivity index (χ3v) is 4.44. The van der Waals surface area contributed by atoms with Crippen molar-refractivity contribution in [1.29, 1.82) is 5.26 Å². The van der Waals surface area contributed by atoms with Gasteiger partial charge in [-0.3, -0.25) is 4.79 Å². The Morgan fingerprint density at radius 1 is 1.24 bits per heavy atom. The summed E-state index contributed by atoms with van der Waals surface area (Å²) < 4.78 is 7.45. The van der Waals surface area contributed by atoms with E-state index in [9.17, 15) is 9.90 Å². The van der Waals surface area contributed by atoms with Gasteiger partial charge in [0.25, 0.3) is 5.91 Å². The average molecular weight is 390 g/mol. The van der Waals surface area contributed by atoms with Gasteiger partial charge in [0.1, 0.15) is 11.4 Å². The fourth-order valence-corrected chi connectivity index (χ4v) is 2.93. The van der Waals surface area contributed by atoms with Crippen LogP contribution in [0.5, 0.6) is 5.75 Å². The number of nitriles is 1. The maximum atomic E-state index is 11.0. The van der Waals surface area contributed by atoms with E-state index in [2.05, 4.69) is 11.1 Å². The first kappa shape index (κ1) is 20.1. The van der Waals surface area contributed by atoms with Crippen molar-refractivity contribution in [2.24, 2.45) is 5.73 Å². The minimum absolute atomic E-state index is 0.183. The van der Waals surface area contributed by atoms with Gasteiger partial charge in [0, 0.05) is 12.7 Å².